The van der Waals surface area contributed by atoms with E-state index in [4.69, 9.17) is 33.2 Å². The van der Waals surface area contributed by atoms with E-state index in [1.54, 1.807) is 12.1 Å². The number of carbonyl (C=O) groups excluding carboxylic acids is 2. The summed E-state index contributed by atoms with van der Waals surface area (Å²) in [6, 6.07) is 10.8. The van der Waals surface area contributed by atoms with Crippen molar-refractivity contribution < 1.29 is 29.4 Å². The summed E-state index contributed by atoms with van der Waals surface area (Å²) < 4.78 is 3.72. The maximum absolute atomic E-state index is 13.8. The number of nitrogens with one attached hydrogen (secondary N) is 1. The highest BCUT2D eigenvalue weighted by atomic mass is 35.5. The van der Waals surface area contributed by atoms with Crippen LogP contribution in [0.4, 0.5) is 5.69 Å². The Morgan fingerprint density at radius 1 is 0.763 bits per heavy atom. The Morgan fingerprint density at radius 3 is 2.02 bits per heavy atom. The molecule has 0 unspecified atom stereocenters. The molecule has 59 heavy (non-hydrogen) atoms. The lowest BCUT2D eigenvalue weighted by atomic mass is 9.80. The van der Waals surface area contributed by atoms with Crippen molar-refractivity contribution in [3.8, 4) is 11.1 Å². The molecule has 0 saturated heterocycles. The van der Waals surface area contributed by atoms with Gasteiger partial charge >= 0.3 is 11.9 Å². The van der Waals surface area contributed by atoms with Crippen LogP contribution in [0.5, 0.6) is 0 Å². The number of aromatic nitrogens is 4. The minimum Gasteiger partial charge on any atom is -0.481 e. The topological polar surface area (TPSA) is 163 Å². The van der Waals surface area contributed by atoms with Crippen LogP contribution in [-0.2, 0) is 56.0 Å². The Balaban J connectivity index is 0.860. The largest absolute Gasteiger partial charge is 0.481 e. The van der Waals surface area contributed by atoms with E-state index in [9.17, 15) is 29.4 Å². The van der Waals surface area contributed by atoms with E-state index in [0.29, 0.717) is 89.5 Å². The number of anilines is 1. The summed E-state index contributed by atoms with van der Waals surface area (Å²) in [5.41, 5.74) is 4.91. The molecule has 0 spiro atoms. The lowest BCUT2D eigenvalue weighted by Gasteiger charge is -2.32. The fourth-order valence-corrected chi connectivity index (χ4v) is 11.1. The van der Waals surface area contributed by atoms with E-state index >= 15 is 0 Å². The first kappa shape index (κ1) is 39.9. The van der Waals surface area contributed by atoms with E-state index in [0.717, 1.165) is 80.8 Å². The van der Waals surface area contributed by atoms with Gasteiger partial charge in [0.05, 0.1) is 38.0 Å². The number of hydrogen-bond acceptors (Lipinski definition) is 8. The van der Waals surface area contributed by atoms with Gasteiger partial charge in [-0.05, 0) is 75.0 Å². The van der Waals surface area contributed by atoms with Gasteiger partial charge in [0.15, 0.2) is 11.6 Å². The first-order chi connectivity index (χ1) is 28.2. The highest BCUT2D eigenvalue weighted by Gasteiger charge is 2.58. The SMILES string of the molecule is Cn1c(C(=O)Cc2cccc(-c3cccc(NC(=O)c4nc5c(n4C)CCN(CCC46CCC(C(=O)O)(CC4)C6)C5)c3Cl)c2Cl)nc2c1CCN(CC1(C(=O)O)CC1)C2. The Morgan fingerprint density at radius 2 is 1.37 bits per heavy atom. The smallest absolute Gasteiger partial charge is 0.310 e. The van der Waals surface area contributed by atoms with Crippen LogP contribution in [-0.4, -0.2) is 88.9 Å². The molecule has 0 atom stereocenters. The van der Waals surface area contributed by atoms with Crippen LogP contribution >= 0.6 is 23.2 Å². The highest BCUT2D eigenvalue weighted by molar-refractivity contribution is 6.39. The minimum absolute atomic E-state index is 0.0177. The number of rotatable bonds is 13. The lowest BCUT2D eigenvalue weighted by molar-refractivity contribution is -0.148. The number of carboxylic acid groups (broad SMARTS) is 2. The summed E-state index contributed by atoms with van der Waals surface area (Å²) in [5.74, 6) is -1.30. The van der Waals surface area contributed by atoms with Gasteiger partial charge < -0.3 is 24.7 Å². The zero-order chi connectivity index (χ0) is 41.4. The van der Waals surface area contributed by atoms with E-state index in [1.807, 2.05) is 47.5 Å². The third-order valence-electron chi connectivity index (χ3n) is 14.3. The summed E-state index contributed by atoms with van der Waals surface area (Å²) in [7, 11) is 3.71. The van der Waals surface area contributed by atoms with Crippen molar-refractivity contribution in [2.24, 2.45) is 30.3 Å². The predicted molar refractivity (Wildman–Crippen MR) is 222 cm³/mol. The quantitative estimate of drug-likeness (QED) is 0.122. The molecule has 1 amide bonds. The average Bonchev–Trinajstić information content (AvgIpc) is 3.45. The van der Waals surface area contributed by atoms with Gasteiger partial charge in [0.1, 0.15) is 0 Å². The zero-order valence-electron chi connectivity index (χ0n) is 33.5. The molecule has 15 heteroatoms. The lowest BCUT2D eigenvalue weighted by Crippen LogP contribution is -2.38. The molecule has 3 aliphatic carbocycles. The monoisotopic (exact) mass is 841 g/mol. The van der Waals surface area contributed by atoms with Crippen molar-refractivity contribution in [2.45, 2.75) is 83.7 Å². The molecule has 3 N–H and O–H groups in total. The molecule has 2 aromatic carbocycles. The van der Waals surface area contributed by atoms with Crippen LogP contribution in [0.25, 0.3) is 11.1 Å². The molecule has 0 radical (unpaired) electrons. The van der Waals surface area contributed by atoms with Gasteiger partial charge in [-0.2, -0.15) is 0 Å². The van der Waals surface area contributed by atoms with Gasteiger partial charge in [-0.1, -0.05) is 53.5 Å². The Labute approximate surface area is 352 Å². The number of nitrogens with zero attached hydrogens (tertiary/aromatic N) is 6. The molecule has 13 nitrogen and oxygen atoms in total. The number of halogens is 2. The van der Waals surface area contributed by atoms with Crippen molar-refractivity contribution in [1.29, 1.82) is 0 Å². The van der Waals surface area contributed by atoms with Gasteiger partial charge in [0.2, 0.25) is 5.78 Å². The first-order valence-corrected chi connectivity index (χ1v) is 21.4. The molecule has 4 aromatic rings. The third kappa shape index (κ3) is 7.07. The molecule has 3 saturated carbocycles. The summed E-state index contributed by atoms with van der Waals surface area (Å²) in [5, 5.41) is 23.2. The molecule has 3 fully saturated rings. The molecular weight excluding hydrogens is 793 g/mol. The van der Waals surface area contributed by atoms with Crippen molar-refractivity contribution >= 4 is 52.5 Å². The Bertz CT molecular complexity index is 2410. The number of ketones is 1. The van der Waals surface area contributed by atoms with Gasteiger partial charge in [0, 0.05) is 88.6 Å². The fraction of sp³-hybridized carbons (Fsp3) is 0.500. The zero-order valence-corrected chi connectivity index (χ0v) is 35.0. The summed E-state index contributed by atoms with van der Waals surface area (Å²) in [6.07, 6.45) is 8.17. The van der Waals surface area contributed by atoms with Crippen molar-refractivity contribution in [2.75, 3.05) is 31.5 Å². The third-order valence-corrected chi connectivity index (χ3v) is 15.2. The number of imidazole rings is 2. The Hall–Kier alpha value is -4.56. The van der Waals surface area contributed by atoms with Crippen LogP contribution in [0.1, 0.15) is 101 Å². The van der Waals surface area contributed by atoms with Gasteiger partial charge in [-0.15, -0.1) is 0 Å². The van der Waals surface area contributed by atoms with Gasteiger partial charge in [-0.3, -0.25) is 29.0 Å². The second-order valence-corrected chi connectivity index (χ2v) is 18.6. The van der Waals surface area contributed by atoms with Gasteiger partial charge in [0.25, 0.3) is 5.91 Å². The van der Waals surface area contributed by atoms with E-state index in [1.165, 1.54) is 0 Å². The van der Waals surface area contributed by atoms with Crippen molar-refractivity contribution in [3.63, 3.8) is 0 Å². The second kappa shape index (κ2) is 14.9. The van der Waals surface area contributed by atoms with E-state index in [-0.39, 0.29) is 23.5 Å². The van der Waals surface area contributed by atoms with Crippen molar-refractivity contribution in [3.05, 3.63) is 86.4 Å². The normalized spacial score (nSPS) is 23.2. The van der Waals surface area contributed by atoms with Crippen LogP contribution < -0.4 is 5.32 Å². The first-order valence-electron chi connectivity index (χ1n) is 20.6. The molecule has 310 valence electrons. The number of Topliss-reactive ketones (excluding diaryl/α,β-unsaturated/α-hetero) is 1. The highest BCUT2D eigenvalue weighted by Crippen LogP contribution is 2.63. The number of carboxylic acids is 2. The molecule has 2 aliphatic heterocycles. The van der Waals surface area contributed by atoms with Crippen LogP contribution in [0.3, 0.4) is 0 Å². The number of benzene rings is 2. The predicted octanol–water partition coefficient (Wildman–Crippen LogP) is 6.81. The number of aliphatic carboxylic acids is 2. The van der Waals surface area contributed by atoms with Gasteiger partial charge in [-0.25, -0.2) is 9.97 Å². The van der Waals surface area contributed by atoms with Crippen LogP contribution in [0.15, 0.2) is 36.4 Å². The summed E-state index contributed by atoms with van der Waals surface area (Å²) in [4.78, 5) is 65.3. The fourth-order valence-electron chi connectivity index (χ4n) is 10.5. The summed E-state index contributed by atoms with van der Waals surface area (Å²) >= 11 is 14.0. The van der Waals surface area contributed by atoms with Crippen molar-refractivity contribution in [1.82, 2.24) is 28.9 Å². The number of amides is 1. The molecule has 5 aliphatic rings. The maximum atomic E-state index is 13.8. The number of carbonyl (C=O) groups is 4. The van der Waals surface area contributed by atoms with E-state index in [2.05, 4.69) is 15.1 Å². The van der Waals surface area contributed by atoms with E-state index < -0.39 is 22.8 Å². The standard InChI is InChI=1S/C44H49Cl2N7O6/c1-50-32-10-19-53(25-44(15-16-44)41(58)59)23-31(32)47-37(50)34(54)21-26-5-3-6-27(35(26)45)28-7-4-8-29(36(28)46)49-39(55)38-48-30-22-52(18-9-33(30)51(38)2)20-17-42-11-13-43(24-42,14-12-42)40(56)57/h3-8H,9-25H2,1-2H3,(H,49,55)(H,56,57)(H,58,59). The van der Waals surface area contributed by atoms with Crippen LogP contribution in [0.2, 0.25) is 10.0 Å². The molecule has 4 heterocycles. The molecular formula is C44H49Cl2N7O6. The minimum atomic E-state index is -0.745. The van der Waals surface area contributed by atoms with Crippen LogP contribution in [0, 0.1) is 16.2 Å². The Kier molecular flexibility index (Phi) is 10.0. The summed E-state index contributed by atoms with van der Waals surface area (Å²) in [6.45, 7) is 4.09. The number of hydrogen-bond donors (Lipinski definition) is 3. The number of fused-ring (bicyclic) bond motifs is 4. The second-order valence-electron chi connectivity index (χ2n) is 17.9. The molecule has 2 bridgehead atoms. The maximum Gasteiger partial charge on any atom is 0.310 e. The average molecular weight is 843 g/mol. The molecule has 2 aromatic heterocycles. The molecule has 9 rings (SSSR count).